The number of hydrogen-bond donors (Lipinski definition) is 0. The Morgan fingerprint density at radius 1 is 0.963 bits per heavy atom. The van der Waals surface area contributed by atoms with E-state index in [1.54, 1.807) is 0 Å². The lowest BCUT2D eigenvalue weighted by atomic mass is 9.51. The van der Waals surface area contributed by atoms with Crippen LogP contribution in [-0.4, -0.2) is 36.7 Å². The average molecular weight is 378 g/mol. The van der Waals surface area contributed by atoms with E-state index in [1.165, 1.54) is 14.0 Å². The number of ether oxygens (including phenoxy) is 2. The van der Waals surface area contributed by atoms with Crippen LogP contribution in [0.2, 0.25) is 0 Å². The molecule has 3 fully saturated rings. The first kappa shape index (κ1) is 20.0. The van der Waals surface area contributed by atoms with Gasteiger partial charge in [0.1, 0.15) is 17.7 Å². The zero-order valence-electron chi connectivity index (χ0n) is 16.7. The number of esters is 2. The fourth-order valence-electron chi connectivity index (χ4n) is 5.96. The van der Waals surface area contributed by atoms with Gasteiger partial charge >= 0.3 is 11.9 Å². The maximum absolute atomic E-state index is 13.1. The van der Waals surface area contributed by atoms with Crippen molar-refractivity contribution in [2.45, 2.75) is 71.8 Å². The number of fused-ring (bicyclic) bond motifs is 1. The van der Waals surface area contributed by atoms with Gasteiger partial charge in [-0.3, -0.25) is 19.2 Å². The third-order valence-electron chi connectivity index (χ3n) is 7.64. The lowest BCUT2D eigenvalue weighted by Gasteiger charge is -2.51. The Balaban J connectivity index is 1.88. The monoisotopic (exact) mass is 378 g/mol. The summed E-state index contributed by atoms with van der Waals surface area (Å²) in [6, 6.07) is 0. The topological polar surface area (TPSA) is 86.7 Å². The Hall–Kier alpha value is -1.72. The highest BCUT2D eigenvalue weighted by molar-refractivity contribution is 5.90. The molecule has 150 valence electrons. The van der Waals surface area contributed by atoms with Gasteiger partial charge < -0.3 is 9.47 Å². The fraction of sp³-hybridized carbons (Fsp3) is 0.810. The van der Waals surface area contributed by atoms with Gasteiger partial charge in [0.25, 0.3) is 0 Å². The maximum Gasteiger partial charge on any atom is 0.309 e. The summed E-state index contributed by atoms with van der Waals surface area (Å²) in [5.74, 6) is -1.03. The van der Waals surface area contributed by atoms with Crippen LogP contribution in [0.5, 0.6) is 0 Å². The van der Waals surface area contributed by atoms with Crippen LogP contribution in [0.3, 0.4) is 0 Å². The highest BCUT2D eigenvalue weighted by Crippen LogP contribution is 2.59. The highest BCUT2D eigenvalue weighted by atomic mass is 16.5. The van der Waals surface area contributed by atoms with Crippen LogP contribution >= 0.6 is 0 Å². The molecule has 3 rings (SSSR count). The zero-order chi connectivity index (χ0) is 20.0. The fourth-order valence-corrected chi connectivity index (χ4v) is 5.96. The van der Waals surface area contributed by atoms with Gasteiger partial charge in [-0.05, 0) is 43.9 Å². The van der Waals surface area contributed by atoms with Gasteiger partial charge in [-0.15, -0.1) is 0 Å². The average Bonchev–Trinajstić information content (AvgIpc) is 2.91. The Bertz CT molecular complexity index is 670. The normalized spacial score (nSPS) is 41.8. The van der Waals surface area contributed by atoms with Gasteiger partial charge in [0.05, 0.1) is 13.0 Å². The van der Waals surface area contributed by atoms with Crippen LogP contribution in [0.1, 0.15) is 65.7 Å². The second kappa shape index (κ2) is 7.02. The number of carbonyl (C=O) groups excluding carboxylic acids is 4. The Morgan fingerprint density at radius 2 is 1.56 bits per heavy atom. The summed E-state index contributed by atoms with van der Waals surface area (Å²) >= 11 is 0. The van der Waals surface area contributed by atoms with Crippen molar-refractivity contribution in [1.29, 1.82) is 0 Å². The van der Waals surface area contributed by atoms with E-state index in [-0.39, 0.29) is 47.9 Å². The van der Waals surface area contributed by atoms with Crippen molar-refractivity contribution in [1.82, 2.24) is 0 Å². The van der Waals surface area contributed by atoms with Gasteiger partial charge in [0, 0.05) is 30.6 Å². The number of Topliss-reactive ketones (excluding diaryl/α,β-unsaturated/α-hetero) is 2. The van der Waals surface area contributed by atoms with Crippen molar-refractivity contribution < 1.29 is 28.7 Å². The van der Waals surface area contributed by atoms with E-state index in [4.69, 9.17) is 9.47 Å². The lowest BCUT2D eigenvalue weighted by molar-refractivity contribution is -0.166. The van der Waals surface area contributed by atoms with E-state index in [1.807, 2.05) is 13.8 Å². The standard InChI is InChI=1S/C21H30O6/c1-12(22)27-13-7-9-21(3,17(24)11-13)15-8-10-20(2)14(5-6-16(20)23)18(15)19(25)26-4/h13-15,18H,5-11H2,1-4H3/t13-,14-,15-,18-,20-,21+/m0/s1. The first-order valence-electron chi connectivity index (χ1n) is 9.95. The molecular formula is C21H30O6. The van der Waals surface area contributed by atoms with Crippen LogP contribution in [0.15, 0.2) is 0 Å². The van der Waals surface area contributed by atoms with E-state index in [2.05, 4.69) is 0 Å². The Morgan fingerprint density at radius 3 is 2.15 bits per heavy atom. The van der Waals surface area contributed by atoms with Crippen molar-refractivity contribution in [2.24, 2.45) is 28.6 Å². The van der Waals surface area contributed by atoms with E-state index >= 15 is 0 Å². The van der Waals surface area contributed by atoms with Crippen molar-refractivity contribution in [3.63, 3.8) is 0 Å². The number of methoxy groups -OCH3 is 1. The summed E-state index contributed by atoms with van der Waals surface area (Å²) < 4.78 is 10.4. The second-order valence-electron chi connectivity index (χ2n) is 8.99. The molecule has 6 heteroatoms. The molecule has 3 saturated carbocycles. The van der Waals surface area contributed by atoms with Crippen molar-refractivity contribution in [3.05, 3.63) is 0 Å². The molecule has 0 radical (unpaired) electrons. The zero-order valence-corrected chi connectivity index (χ0v) is 16.7. The quantitative estimate of drug-likeness (QED) is 0.702. The third-order valence-corrected chi connectivity index (χ3v) is 7.64. The molecule has 3 aliphatic rings. The summed E-state index contributed by atoms with van der Waals surface area (Å²) in [5, 5.41) is 0. The van der Waals surface area contributed by atoms with Gasteiger partial charge in [0.15, 0.2) is 0 Å². The Labute approximate surface area is 160 Å². The number of carbonyl (C=O) groups is 4. The maximum atomic E-state index is 13.1. The number of rotatable bonds is 3. The van der Waals surface area contributed by atoms with Crippen LogP contribution < -0.4 is 0 Å². The SMILES string of the molecule is COC(=O)[C@@H]1[C@@H]([C@@]2(C)CC[C@H](OC(C)=O)CC2=O)CC[C@]2(C)C(=O)CC[C@@H]12. The van der Waals surface area contributed by atoms with Gasteiger partial charge in [-0.2, -0.15) is 0 Å². The molecule has 6 atom stereocenters. The predicted molar refractivity (Wildman–Crippen MR) is 96.6 cm³/mol. The molecule has 0 bridgehead atoms. The molecule has 0 amide bonds. The minimum absolute atomic E-state index is 0.0480. The van der Waals surface area contributed by atoms with Crippen LogP contribution in [-0.2, 0) is 28.7 Å². The second-order valence-corrected chi connectivity index (χ2v) is 8.99. The van der Waals surface area contributed by atoms with Crippen molar-refractivity contribution in [2.75, 3.05) is 7.11 Å². The van der Waals surface area contributed by atoms with Gasteiger partial charge in [-0.25, -0.2) is 0 Å². The predicted octanol–water partition coefficient (Wildman–Crippen LogP) is 2.86. The van der Waals surface area contributed by atoms with Crippen LogP contribution in [0.25, 0.3) is 0 Å². The molecule has 0 heterocycles. The molecule has 0 unspecified atom stereocenters. The molecule has 3 aliphatic carbocycles. The van der Waals surface area contributed by atoms with Crippen LogP contribution in [0, 0.1) is 28.6 Å². The van der Waals surface area contributed by atoms with E-state index in [9.17, 15) is 19.2 Å². The first-order valence-corrected chi connectivity index (χ1v) is 9.95. The Kier molecular flexibility index (Phi) is 5.21. The van der Waals surface area contributed by atoms with Crippen LogP contribution in [0.4, 0.5) is 0 Å². The summed E-state index contributed by atoms with van der Waals surface area (Å²) in [6.07, 6.45) is 3.59. The third kappa shape index (κ3) is 3.21. The summed E-state index contributed by atoms with van der Waals surface area (Å²) in [7, 11) is 1.38. The summed E-state index contributed by atoms with van der Waals surface area (Å²) in [5.41, 5.74) is -1.13. The minimum atomic E-state index is -0.650. The molecule has 0 spiro atoms. The largest absolute Gasteiger partial charge is 0.469 e. The molecule has 0 aromatic carbocycles. The molecule has 27 heavy (non-hydrogen) atoms. The van der Waals surface area contributed by atoms with E-state index in [0.717, 1.165) is 0 Å². The van der Waals surface area contributed by atoms with Crippen molar-refractivity contribution >= 4 is 23.5 Å². The van der Waals surface area contributed by atoms with E-state index < -0.39 is 16.7 Å². The molecule has 6 nitrogen and oxygen atoms in total. The van der Waals surface area contributed by atoms with Gasteiger partial charge in [-0.1, -0.05) is 13.8 Å². The molecule has 0 aromatic rings. The molecular weight excluding hydrogens is 348 g/mol. The smallest absolute Gasteiger partial charge is 0.309 e. The molecule has 0 saturated heterocycles. The summed E-state index contributed by atoms with van der Waals surface area (Å²) in [4.78, 5) is 49.6. The summed E-state index contributed by atoms with van der Waals surface area (Å²) in [6.45, 7) is 5.27. The first-order chi connectivity index (χ1) is 12.6. The van der Waals surface area contributed by atoms with Crippen molar-refractivity contribution in [3.8, 4) is 0 Å². The highest BCUT2D eigenvalue weighted by Gasteiger charge is 2.61. The number of ketones is 2. The van der Waals surface area contributed by atoms with E-state index in [0.29, 0.717) is 38.5 Å². The lowest BCUT2D eigenvalue weighted by Crippen LogP contribution is -2.54. The van der Waals surface area contributed by atoms with Gasteiger partial charge in [0.2, 0.25) is 0 Å². The number of hydrogen-bond acceptors (Lipinski definition) is 6. The minimum Gasteiger partial charge on any atom is -0.469 e. The molecule has 0 aromatic heterocycles. The molecule has 0 N–H and O–H groups in total. The molecule has 0 aliphatic heterocycles.